The molecule has 0 radical (unpaired) electrons. The molecule has 2 aromatic heterocycles. The Kier molecular flexibility index (Phi) is 9.38. The Morgan fingerprint density at radius 1 is 1.29 bits per heavy atom. The van der Waals surface area contributed by atoms with Crippen LogP contribution < -0.4 is 13.7 Å². The second-order valence-corrected chi connectivity index (χ2v) is 13.1. The first kappa shape index (κ1) is 28.4. The summed E-state index contributed by atoms with van der Waals surface area (Å²) in [6.45, 7) is 7.46. The van der Waals surface area contributed by atoms with E-state index in [0.717, 1.165) is 49.1 Å². The highest BCUT2D eigenvalue weighted by molar-refractivity contribution is 14.1. The lowest BCUT2D eigenvalue weighted by molar-refractivity contribution is -0.653. The third-order valence-corrected chi connectivity index (χ3v) is 9.24. The largest absolute Gasteiger partial charge is 0.474 e. The van der Waals surface area contributed by atoms with Gasteiger partial charge in [0.25, 0.3) is 21.5 Å². The van der Waals surface area contributed by atoms with Gasteiger partial charge in [-0.3, -0.25) is 12.7 Å². The van der Waals surface area contributed by atoms with Crippen molar-refractivity contribution in [3.63, 3.8) is 0 Å². The molecule has 1 saturated carbocycles. The summed E-state index contributed by atoms with van der Waals surface area (Å²) in [7, 11) is 0. The third kappa shape index (κ3) is 7.30. The normalized spacial score (nSPS) is 19.6. The molecule has 1 aliphatic heterocycles. The van der Waals surface area contributed by atoms with Crippen LogP contribution in [0.1, 0.15) is 79.4 Å². The Bertz CT molecular complexity index is 1220. The fourth-order valence-corrected chi connectivity index (χ4v) is 7.11. The number of anilines is 1. The summed E-state index contributed by atoms with van der Waals surface area (Å²) in [5.41, 5.74) is 1.43. The Labute approximate surface area is 238 Å². The van der Waals surface area contributed by atoms with Crippen LogP contribution in [-0.4, -0.2) is 40.5 Å². The molecule has 1 amide bonds. The predicted molar refractivity (Wildman–Crippen MR) is 152 cm³/mol. The molecule has 2 aromatic rings. The van der Waals surface area contributed by atoms with E-state index in [4.69, 9.17) is 9.57 Å². The van der Waals surface area contributed by atoms with Crippen molar-refractivity contribution >= 4 is 50.4 Å². The second kappa shape index (κ2) is 12.5. The van der Waals surface area contributed by atoms with Gasteiger partial charge >= 0.3 is 5.97 Å². The Balaban J connectivity index is 1.38. The molecule has 4 rings (SSSR count). The van der Waals surface area contributed by atoms with Crippen LogP contribution in [0.3, 0.4) is 0 Å². The molecule has 0 unspecified atom stereocenters. The lowest BCUT2D eigenvalue weighted by atomic mass is 9.92. The van der Waals surface area contributed by atoms with Gasteiger partial charge < -0.3 is 9.64 Å². The first-order valence-corrected chi connectivity index (χ1v) is 15.4. The predicted octanol–water partition coefficient (Wildman–Crippen LogP) is 4.40. The molecule has 0 bridgehead atoms. The summed E-state index contributed by atoms with van der Waals surface area (Å²) >= 11 is -0.326. The van der Waals surface area contributed by atoms with E-state index in [9.17, 15) is 12.7 Å². The molecule has 0 spiro atoms. The summed E-state index contributed by atoms with van der Waals surface area (Å²) in [5, 5.41) is 0. The van der Waals surface area contributed by atoms with Gasteiger partial charge in [-0.15, -0.1) is 11.3 Å². The monoisotopic (exact) mass is 653 g/mol. The number of nitrogens with zero attached hydrogens (tertiary/aromatic N) is 3. The number of carbonyl (C=O) groups is 2. The number of carbonyl (C=O) groups excluding carboxylic acids is 2. The summed E-state index contributed by atoms with van der Waals surface area (Å²) in [6.07, 6.45) is 6.45. The average molecular weight is 654 g/mol. The maximum atomic E-state index is 12.5. The van der Waals surface area contributed by atoms with Crippen LogP contribution in [0.4, 0.5) is 5.69 Å². The van der Waals surface area contributed by atoms with Crippen LogP contribution in [0.15, 0.2) is 24.4 Å². The van der Waals surface area contributed by atoms with Crippen LogP contribution in [0.2, 0.25) is 0 Å². The van der Waals surface area contributed by atoms with Gasteiger partial charge in [-0.2, -0.15) is 5.90 Å². The van der Waals surface area contributed by atoms with E-state index in [2.05, 4.69) is 22.7 Å². The van der Waals surface area contributed by atoms with Crippen molar-refractivity contribution < 1.29 is 28.1 Å². The molecule has 1 aliphatic carbocycles. The molecule has 2 aliphatic rings. The topological polar surface area (TPSA) is 117 Å². The molecule has 0 aromatic carbocycles. The lowest BCUT2D eigenvalue weighted by Gasteiger charge is -2.33. The Morgan fingerprint density at radius 2 is 2.05 bits per heavy atom. The Hall–Kier alpha value is -2.56. The molecule has 204 valence electrons. The standard InChI is InChI=1S/C27H34IN4O5S/c1-27(2,3)13-12-21-15-22(25(38-21)26(34)37-29)32(28-35)19-7-9-20(10-8-19)36-23-11-6-18(16-30-23)17-31-14-4-5-24(31)33/h6,11,15-16,19-20H,4-5,7-10,14,17H2,1-3,29H3/q+1. The third-order valence-electron chi connectivity index (χ3n) is 6.49. The molecule has 3 N–H and O–H groups in total. The summed E-state index contributed by atoms with van der Waals surface area (Å²) in [5.74, 6) is 9.83. The fourth-order valence-electron chi connectivity index (χ4n) is 4.58. The average Bonchev–Trinajstić information content (AvgIpc) is 3.50. The highest BCUT2D eigenvalue weighted by atomic mass is 127. The summed E-state index contributed by atoms with van der Waals surface area (Å²) < 4.78 is 20.4. The number of hydrogen-bond donors (Lipinski definition) is 1. The van der Waals surface area contributed by atoms with E-state index in [1.54, 1.807) is 6.20 Å². The molecular formula is C27H34IN4O5S+. The maximum Gasteiger partial charge on any atom is 0.409 e. The van der Waals surface area contributed by atoms with E-state index >= 15 is 0 Å². The van der Waals surface area contributed by atoms with Gasteiger partial charge in [0.15, 0.2) is 0 Å². The van der Waals surface area contributed by atoms with Crippen molar-refractivity contribution in [1.82, 2.24) is 9.88 Å². The SMILES string of the molecule is CC(C)(C)C#Cc1cc(N(I=O)C2CCC(Oc3ccc(CN4CCCC4=O)cn3)CC2)c(C(=O)O[NH3+])s1. The number of thiophene rings is 1. The lowest BCUT2D eigenvalue weighted by Crippen LogP contribution is -2.51. The molecule has 2 fully saturated rings. The van der Waals surface area contributed by atoms with Gasteiger partial charge in [0.2, 0.25) is 11.8 Å². The number of halogens is 1. The number of pyridine rings is 1. The van der Waals surface area contributed by atoms with Crippen molar-refractivity contribution in [2.24, 2.45) is 5.41 Å². The zero-order chi connectivity index (χ0) is 27.3. The number of amides is 1. The van der Waals surface area contributed by atoms with E-state index in [0.29, 0.717) is 29.4 Å². The first-order valence-electron chi connectivity index (χ1n) is 12.8. The minimum Gasteiger partial charge on any atom is -0.474 e. The molecule has 3 heterocycles. The maximum absolute atomic E-state index is 12.5. The minimum atomic E-state index is -1.57. The Morgan fingerprint density at radius 3 is 2.63 bits per heavy atom. The van der Waals surface area contributed by atoms with Crippen molar-refractivity contribution in [1.29, 1.82) is 0 Å². The number of ether oxygens (including phenoxy) is 1. The van der Waals surface area contributed by atoms with Gasteiger partial charge in [0, 0.05) is 43.2 Å². The molecule has 1 saturated heterocycles. The highest BCUT2D eigenvalue weighted by Crippen LogP contribution is 2.39. The zero-order valence-electron chi connectivity index (χ0n) is 22.0. The van der Waals surface area contributed by atoms with Gasteiger partial charge in [-0.05, 0) is 64.5 Å². The number of rotatable bonds is 8. The van der Waals surface area contributed by atoms with Gasteiger partial charge in [0.1, 0.15) is 11.0 Å². The van der Waals surface area contributed by atoms with E-state index in [1.165, 1.54) is 11.3 Å². The van der Waals surface area contributed by atoms with Gasteiger partial charge in [0.05, 0.1) is 10.6 Å². The minimum absolute atomic E-state index is 0.0106. The quantitative estimate of drug-likeness (QED) is 0.194. The fraction of sp³-hybridized carbons (Fsp3) is 0.519. The van der Waals surface area contributed by atoms with Crippen molar-refractivity contribution in [3.05, 3.63) is 39.7 Å². The smallest absolute Gasteiger partial charge is 0.409 e. The van der Waals surface area contributed by atoms with Crippen LogP contribution in [-0.2, 0) is 19.2 Å². The molecule has 38 heavy (non-hydrogen) atoms. The van der Waals surface area contributed by atoms with E-state index in [-0.39, 0.29) is 23.5 Å². The summed E-state index contributed by atoms with van der Waals surface area (Å²) in [6, 6.07) is 5.70. The molecule has 11 heteroatoms. The molecule has 0 atom stereocenters. The van der Waals surface area contributed by atoms with Crippen LogP contribution in [0.5, 0.6) is 5.88 Å². The highest BCUT2D eigenvalue weighted by Gasteiger charge is 2.32. The van der Waals surface area contributed by atoms with Gasteiger partial charge in [-0.25, -0.2) is 12.8 Å². The van der Waals surface area contributed by atoms with Crippen molar-refractivity contribution in [3.8, 4) is 17.7 Å². The molecular weight excluding hydrogens is 619 g/mol. The van der Waals surface area contributed by atoms with Crippen molar-refractivity contribution in [2.75, 3.05) is 9.66 Å². The van der Waals surface area contributed by atoms with Crippen LogP contribution in [0.25, 0.3) is 0 Å². The second-order valence-electron chi connectivity index (χ2n) is 10.6. The zero-order valence-corrected chi connectivity index (χ0v) is 25.0. The molecule has 9 nitrogen and oxygen atoms in total. The van der Waals surface area contributed by atoms with Crippen LogP contribution in [0, 0.1) is 17.3 Å². The number of likely N-dealkylation sites (tertiary alicyclic amines) is 1. The number of aromatic nitrogens is 1. The number of hydrogen-bond acceptors (Lipinski definition) is 7. The van der Waals surface area contributed by atoms with Gasteiger partial charge in [-0.1, -0.05) is 17.9 Å². The van der Waals surface area contributed by atoms with Crippen LogP contribution >= 0.6 is 32.8 Å². The van der Waals surface area contributed by atoms with E-state index in [1.807, 2.05) is 47.0 Å². The summed E-state index contributed by atoms with van der Waals surface area (Å²) in [4.78, 5) is 36.5. The first-order chi connectivity index (χ1) is 18.2. The number of quaternary nitrogens is 1. The van der Waals surface area contributed by atoms with Crippen molar-refractivity contribution in [2.45, 2.75) is 78.0 Å². The van der Waals surface area contributed by atoms with E-state index < -0.39 is 27.4 Å².